The summed E-state index contributed by atoms with van der Waals surface area (Å²) in [5, 5.41) is 19.5. The molecule has 0 aromatic rings. The summed E-state index contributed by atoms with van der Waals surface area (Å²) in [6, 6.07) is 0. The highest BCUT2D eigenvalue weighted by Gasteiger charge is 2.26. The number of aliphatic hydroxyl groups excluding tert-OH is 1. The van der Waals surface area contributed by atoms with E-state index in [0.29, 0.717) is 6.42 Å². The maximum atomic E-state index is 10.2. The minimum absolute atomic E-state index is 0.288. The van der Waals surface area contributed by atoms with Gasteiger partial charge < -0.3 is 10.2 Å². The Morgan fingerprint density at radius 3 is 2.56 bits per heavy atom. The number of hydrogen-bond acceptors (Lipinski definition) is 2. The molecule has 2 nitrogen and oxygen atoms in total. The standard InChI is InChI=1S/C14H24O2/c1-2-3-4-5-6-7-10-14(16)11-8-9-13(15)12-14/h8-9,11,15-16H,2-7,10,12H2,1H3. The van der Waals surface area contributed by atoms with Crippen LogP contribution in [0.3, 0.4) is 0 Å². The fourth-order valence-electron chi connectivity index (χ4n) is 2.15. The Balaban J connectivity index is 2.13. The van der Waals surface area contributed by atoms with Gasteiger partial charge in [0.2, 0.25) is 0 Å². The third-order valence-electron chi connectivity index (χ3n) is 3.15. The normalized spacial score (nSPS) is 24.5. The quantitative estimate of drug-likeness (QED) is 0.644. The average Bonchev–Trinajstić information content (AvgIpc) is 2.23. The summed E-state index contributed by atoms with van der Waals surface area (Å²) in [5.74, 6) is 0.288. The van der Waals surface area contributed by atoms with Crippen LogP contribution in [0.2, 0.25) is 0 Å². The van der Waals surface area contributed by atoms with Crippen molar-refractivity contribution in [2.45, 2.75) is 63.9 Å². The van der Waals surface area contributed by atoms with E-state index in [2.05, 4.69) is 6.92 Å². The van der Waals surface area contributed by atoms with Crippen LogP contribution in [0.25, 0.3) is 0 Å². The molecule has 0 aromatic heterocycles. The second-order valence-electron chi connectivity index (χ2n) is 4.82. The van der Waals surface area contributed by atoms with Crippen molar-refractivity contribution in [2.75, 3.05) is 0 Å². The van der Waals surface area contributed by atoms with Crippen LogP contribution in [0.15, 0.2) is 24.0 Å². The zero-order valence-electron chi connectivity index (χ0n) is 10.3. The van der Waals surface area contributed by atoms with Crippen LogP contribution >= 0.6 is 0 Å². The van der Waals surface area contributed by atoms with Crippen molar-refractivity contribution in [2.24, 2.45) is 0 Å². The first kappa shape index (κ1) is 13.3. The van der Waals surface area contributed by atoms with Crippen LogP contribution in [-0.4, -0.2) is 15.8 Å². The highest BCUT2D eigenvalue weighted by Crippen LogP contribution is 2.27. The Labute approximate surface area is 98.7 Å². The SMILES string of the molecule is CCCCCCCCC1(O)C=CC=C(O)C1. The molecule has 0 radical (unpaired) electrons. The lowest BCUT2D eigenvalue weighted by Gasteiger charge is -2.26. The molecule has 1 atom stereocenters. The van der Waals surface area contributed by atoms with E-state index in [1.807, 2.05) is 0 Å². The van der Waals surface area contributed by atoms with E-state index in [4.69, 9.17) is 0 Å². The van der Waals surface area contributed by atoms with E-state index < -0.39 is 5.60 Å². The van der Waals surface area contributed by atoms with Crippen molar-refractivity contribution in [1.29, 1.82) is 0 Å². The smallest absolute Gasteiger partial charge is 0.0954 e. The molecule has 0 heterocycles. The van der Waals surface area contributed by atoms with E-state index in [9.17, 15) is 10.2 Å². The molecule has 0 spiro atoms. The Morgan fingerprint density at radius 1 is 1.19 bits per heavy atom. The predicted molar refractivity (Wildman–Crippen MR) is 67.4 cm³/mol. The molecule has 92 valence electrons. The third kappa shape index (κ3) is 4.84. The van der Waals surface area contributed by atoms with Gasteiger partial charge in [-0.3, -0.25) is 0 Å². The first-order valence-corrected chi connectivity index (χ1v) is 6.46. The molecule has 0 aliphatic heterocycles. The van der Waals surface area contributed by atoms with Gasteiger partial charge in [0.1, 0.15) is 0 Å². The van der Waals surface area contributed by atoms with Crippen molar-refractivity contribution in [3.8, 4) is 0 Å². The van der Waals surface area contributed by atoms with Crippen LogP contribution in [0.4, 0.5) is 0 Å². The van der Waals surface area contributed by atoms with Gasteiger partial charge in [-0.2, -0.15) is 0 Å². The Hall–Kier alpha value is -0.760. The zero-order chi connectivity index (χ0) is 11.9. The van der Waals surface area contributed by atoms with E-state index in [1.165, 1.54) is 32.1 Å². The first-order valence-electron chi connectivity index (χ1n) is 6.46. The summed E-state index contributed by atoms with van der Waals surface area (Å²) in [4.78, 5) is 0. The molecule has 0 bridgehead atoms. The molecular formula is C14H24O2. The van der Waals surface area contributed by atoms with Gasteiger partial charge in [-0.05, 0) is 12.5 Å². The molecule has 2 N–H and O–H groups in total. The summed E-state index contributed by atoms with van der Waals surface area (Å²) in [7, 11) is 0. The monoisotopic (exact) mass is 224 g/mol. The van der Waals surface area contributed by atoms with Crippen molar-refractivity contribution < 1.29 is 10.2 Å². The first-order chi connectivity index (χ1) is 7.66. The van der Waals surface area contributed by atoms with Gasteiger partial charge in [-0.1, -0.05) is 57.6 Å². The second-order valence-corrected chi connectivity index (χ2v) is 4.82. The van der Waals surface area contributed by atoms with Crippen molar-refractivity contribution in [1.82, 2.24) is 0 Å². The number of unbranched alkanes of at least 4 members (excludes halogenated alkanes) is 5. The topological polar surface area (TPSA) is 40.5 Å². The molecule has 1 aliphatic carbocycles. The van der Waals surface area contributed by atoms with Crippen molar-refractivity contribution >= 4 is 0 Å². The molecule has 0 saturated heterocycles. The van der Waals surface area contributed by atoms with Gasteiger partial charge >= 0.3 is 0 Å². The van der Waals surface area contributed by atoms with Crippen LogP contribution in [0.1, 0.15) is 58.3 Å². The molecule has 1 aliphatic rings. The van der Waals surface area contributed by atoms with Gasteiger partial charge in [0.15, 0.2) is 0 Å². The Bertz CT molecular complexity index is 255. The van der Waals surface area contributed by atoms with Gasteiger partial charge in [0.05, 0.1) is 11.4 Å². The maximum absolute atomic E-state index is 10.2. The van der Waals surface area contributed by atoms with Crippen LogP contribution in [0, 0.1) is 0 Å². The predicted octanol–water partition coefficient (Wildman–Crippen LogP) is 3.87. The lowest BCUT2D eigenvalue weighted by Crippen LogP contribution is -2.27. The summed E-state index contributed by atoms with van der Waals surface area (Å²) >= 11 is 0. The van der Waals surface area contributed by atoms with E-state index >= 15 is 0 Å². The highest BCUT2D eigenvalue weighted by atomic mass is 16.3. The highest BCUT2D eigenvalue weighted by molar-refractivity contribution is 5.20. The summed E-state index contributed by atoms with van der Waals surface area (Å²) in [6.45, 7) is 2.21. The van der Waals surface area contributed by atoms with Crippen LogP contribution in [-0.2, 0) is 0 Å². The summed E-state index contributed by atoms with van der Waals surface area (Å²) in [5.41, 5.74) is -0.802. The molecule has 1 unspecified atom stereocenters. The second kappa shape index (κ2) is 6.74. The minimum atomic E-state index is -0.802. The van der Waals surface area contributed by atoms with Crippen molar-refractivity contribution in [3.63, 3.8) is 0 Å². The lowest BCUT2D eigenvalue weighted by atomic mass is 9.88. The zero-order valence-corrected chi connectivity index (χ0v) is 10.3. The maximum Gasteiger partial charge on any atom is 0.0954 e. The van der Waals surface area contributed by atoms with E-state index in [-0.39, 0.29) is 5.76 Å². The number of allylic oxidation sites excluding steroid dienone is 2. The summed E-state index contributed by atoms with van der Waals surface area (Å²) < 4.78 is 0. The lowest BCUT2D eigenvalue weighted by molar-refractivity contribution is 0.0655. The number of aliphatic hydroxyl groups is 2. The fraction of sp³-hybridized carbons (Fsp3) is 0.714. The average molecular weight is 224 g/mol. The summed E-state index contributed by atoms with van der Waals surface area (Å²) in [6.07, 6.45) is 13.7. The molecule has 0 saturated carbocycles. The Morgan fingerprint density at radius 2 is 1.88 bits per heavy atom. The molecule has 1 rings (SSSR count). The molecular weight excluding hydrogens is 200 g/mol. The minimum Gasteiger partial charge on any atom is -0.512 e. The van der Waals surface area contributed by atoms with E-state index in [1.54, 1.807) is 18.2 Å². The number of hydrogen-bond donors (Lipinski definition) is 2. The van der Waals surface area contributed by atoms with Crippen molar-refractivity contribution in [3.05, 3.63) is 24.0 Å². The van der Waals surface area contributed by atoms with Gasteiger partial charge in [-0.25, -0.2) is 0 Å². The van der Waals surface area contributed by atoms with Gasteiger partial charge in [0, 0.05) is 6.42 Å². The third-order valence-corrected chi connectivity index (χ3v) is 3.15. The fourth-order valence-corrected chi connectivity index (χ4v) is 2.15. The largest absolute Gasteiger partial charge is 0.512 e. The molecule has 16 heavy (non-hydrogen) atoms. The Kier molecular flexibility index (Phi) is 5.61. The van der Waals surface area contributed by atoms with E-state index in [0.717, 1.165) is 12.8 Å². The van der Waals surface area contributed by atoms with Gasteiger partial charge in [-0.15, -0.1) is 0 Å². The molecule has 0 aromatic carbocycles. The van der Waals surface area contributed by atoms with Crippen LogP contribution in [0.5, 0.6) is 0 Å². The molecule has 0 amide bonds. The number of rotatable bonds is 7. The van der Waals surface area contributed by atoms with Crippen LogP contribution < -0.4 is 0 Å². The molecule has 2 heteroatoms. The van der Waals surface area contributed by atoms with Gasteiger partial charge in [0.25, 0.3) is 0 Å². The molecule has 0 fully saturated rings.